The lowest BCUT2D eigenvalue weighted by Gasteiger charge is -2.50. The van der Waals surface area contributed by atoms with E-state index in [-0.39, 0.29) is 23.8 Å². The summed E-state index contributed by atoms with van der Waals surface area (Å²) in [4.78, 5) is 28.9. The van der Waals surface area contributed by atoms with Gasteiger partial charge in [-0.05, 0) is 82.0 Å². The lowest BCUT2D eigenvalue weighted by atomic mass is 9.64. The van der Waals surface area contributed by atoms with Gasteiger partial charge in [-0.15, -0.1) is 0 Å². The van der Waals surface area contributed by atoms with E-state index < -0.39 is 0 Å². The van der Waals surface area contributed by atoms with Crippen molar-refractivity contribution in [3.8, 4) is 0 Å². The van der Waals surface area contributed by atoms with Crippen molar-refractivity contribution in [2.45, 2.75) is 102 Å². The van der Waals surface area contributed by atoms with Crippen molar-refractivity contribution in [2.24, 2.45) is 35.5 Å². The van der Waals surface area contributed by atoms with Gasteiger partial charge in [0.1, 0.15) is 0 Å². The highest BCUT2D eigenvalue weighted by Gasteiger charge is 2.47. The quantitative estimate of drug-likeness (QED) is 0.608. The van der Waals surface area contributed by atoms with Crippen molar-refractivity contribution in [3.63, 3.8) is 0 Å². The summed E-state index contributed by atoms with van der Waals surface area (Å²) in [5.41, 5.74) is 0. The van der Waals surface area contributed by atoms with E-state index in [1.807, 2.05) is 7.05 Å². The molecule has 3 aliphatic heterocycles. The van der Waals surface area contributed by atoms with Crippen LogP contribution in [0.5, 0.6) is 0 Å². The monoisotopic (exact) mass is 458 g/mol. The molecule has 5 fully saturated rings. The zero-order chi connectivity index (χ0) is 23.1. The molecule has 5 aliphatic rings. The summed E-state index contributed by atoms with van der Waals surface area (Å²) in [5, 5.41) is 10.8. The normalized spacial score (nSPS) is 46.3. The molecule has 3 N–H and O–H groups in total. The summed E-state index contributed by atoms with van der Waals surface area (Å²) in [6.45, 7) is 6.47. The fourth-order valence-electron chi connectivity index (χ4n) is 8.14. The SMILES string of the molecule is CC1CC2C(CN1)CC(C1CC(C(=O)NC3CNC4CCCCC4C3)CCC1C)C(=O)N2C. The van der Waals surface area contributed by atoms with Crippen molar-refractivity contribution in [3.05, 3.63) is 0 Å². The number of carbonyl (C=O) groups excluding carboxylic acids is 2. The predicted molar refractivity (Wildman–Crippen MR) is 131 cm³/mol. The minimum atomic E-state index is 0.0654. The van der Waals surface area contributed by atoms with Gasteiger partial charge in [-0.3, -0.25) is 9.59 Å². The van der Waals surface area contributed by atoms with E-state index >= 15 is 0 Å². The highest BCUT2D eigenvalue weighted by Crippen LogP contribution is 2.44. The largest absolute Gasteiger partial charge is 0.352 e. The number of nitrogens with zero attached hydrogens (tertiary/aromatic N) is 1. The van der Waals surface area contributed by atoms with Crippen molar-refractivity contribution >= 4 is 11.8 Å². The first-order valence-electron chi connectivity index (χ1n) is 13.9. The fraction of sp³-hybridized carbons (Fsp3) is 0.926. The molecule has 2 amide bonds. The van der Waals surface area contributed by atoms with Crippen LogP contribution in [0.1, 0.15) is 78.1 Å². The Morgan fingerprint density at radius 3 is 2.61 bits per heavy atom. The Balaban J connectivity index is 1.20. The van der Waals surface area contributed by atoms with Crippen LogP contribution in [-0.4, -0.2) is 61.0 Å². The number of fused-ring (bicyclic) bond motifs is 2. The minimum absolute atomic E-state index is 0.0654. The molecule has 6 nitrogen and oxygen atoms in total. The maximum atomic E-state index is 13.5. The van der Waals surface area contributed by atoms with E-state index in [1.165, 1.54) is 25.7 Å². The molecular formula is C27H46N4O2. The molecule has 3 heterocycles. The van der Waals surface area contributed by atoms with Crippen LogP contribution < -0.4 is 16.0 Å². The van der Waals surface area contributed by atoms with Crippen molar-refractivity contribution in [1.29, 1.82) is 0 Å². The average Bonchev–Trinajstić information content (AvgIpc) is 2.82. The van der Waals surface area contributed by atoms with Crippen LogP contribution in [0, 0.1) is 35.5 Å². The standard InChI is InChI=1S/C27H46N4O2/c1-16-8-9-19(26(32)30-21-11-18-6-4-5-7-24(18)29-15-21)12-22(16)23-13-20-14-28-17(2)10-25(20)31(3)27(23)33/h16-25,28-29H,4-15H2,1-3H3,(H,30,32). The van der Waals surface area contributed by atoms with Crippen molar-refractivity contribution < 1.29 is 9.59 Å². The van der Waals surface area contributed by atoms with E-state index in [1.54, 1.807) is 0 Å². The Morgan fingerprint density at radius 2 is 1.76 bits per heavy atom. The first-order valence-corrected chi connectivity index (χ1v) is 13.9. The smallest absolute Gasteiger partial charge is 0.225 e. The van der Waals surface area contributed by atoms with Gasteiger partial charge >= 0.3 is 0 Å². The summed E-state index contributed by atoms with van der Waals surface area (Å²) >= 11 is 0. The second-order valence-corrected chi connectivity index (χ2v) is 12.3. The van der Waals surface area contributed by atoms with E-state index in [0.717, 1.165) is 57.5 Å². The second-order valence-electron chi connectivity index (χ2n) is 12.3. The molecule has 0 spiro atoms. The average molecular weight is 459 g/mol. The summed E-state index contributed by atoms with van der Waals surface area (Å²) in [5.74, 6) is 2.85. The number of piperidine rings is 3. The van der Waals surface area contributed by atoms with Gasteiger partial charge in [0.25, 0.3) is 0 Å². The summed E-state index contributed by atoms with van der Waals surface area (Å²) in [7, 11) is 2.02. The van der Waals surface area contributed by atoms with Gasteiger partial charge in [0, 0.05) is 56.1 Å². The molecular weight excluding hydrogens is 412 g/mol. The molecule has 0 bridgehead atoms. The van der Waals surface area contributed by atoms with Gasteiger partial charge in [0.05, 0.1) is 0 Å². The summed E-state index contributed by atoms with van der Waals surface area (Å²) in [6, 6.07) is 1.80. The van der Waals surface area contributed by atoms with Crippen molar-refractivity contribution in [2.75, 3.05) is 20.1 Å². The van der Waals surface area contributed by atoms with Gasteiger partial charge in [0.2, 0.25) is 11.8 Å². The van der Waals surface area contributed by atoms with Crippen LogP contribution in [0.4, 0.5) is 0 Å². The first-order chi connectivity index (χ1) is 15.9. The van der Waals surface area contributed by atoms with Gasteiger partial charge in [-0.1, -0.05) is 19.8 Å². The Labute approximate surface area is 200 Å². The zero-order valence-corrected chi connectivity index (χ0v) is 21.0. The molecule has 3 saturated heterocycles. The third-order valence-electron chi connectivity index (χ3n) is 10.2. The number of hydrogen-bond donors (Lipinski definition) is 3. The Morgan fingerprint density at radius 1 is 0.939 bits per heavy atom. The predicted octanol–water partition coefficient (Wildman–Crippen LogP) is 2.92. The topological polar surface area (TPSA) is 73.5 Å². The highest BCUT2D eigenvalue weighted by atomic mass is 16.2. The van der Waals surface area contributed by atoms with E-state index in [2.05, 4.69) is 34.7 Å². The van der Waals surface area contributed by atoms with Gasteiger partial charge in [-0.25, -0.2) is 0 Å². The molecule has 0 aromatic carbocycles. The molecule has 2 saturated carbocycles. The van der Waals surface area contributed by atoms with Crippen molar-refractivity contribution in [1.82, 2.24) is 20.9 Å². The third kappa shape index (κ3) is 4.84. The van der Waals surface area contributed by atoms with Crippen LogP contribution in [-0.2, 0) is 9.59 Å². The van der Waals surface area contributed by atoms with E-state index in [0.29, 0.717) is 41.8 Å². The number of amides is 2. The molecule has 2 aliphatic carbocycles. The molecule has 10 atom stereocenters. The zero-order valence-electron chi connectivity index (χ0n) is 21.0. The van der Waals surface area contributed by atoms with Crippen LogP contribution in [0.15, 0.2) is 0 Å². The fourth-order valence-corrected chi connectivity index (χ4v) is 8.14. The summed E-state index contributed by atoms with van der Waals surface area (Å²) < 4.78 is 0. The van der Waals surface area contributed by atoms with Gasteiger partial charge in [-0.2, -0.15) is 0 Å². The minimum Gasteiger partial charge on any atom is -0.352 e. The van der Waals surface area contributed by atoms with Crippen LogP contribution >= 0.6 is 0 Å². The van der Waals surface area contributed by atoms with Gasteiger partial charge in [0.15, 0.2) is 0 Å². The lowest BCUT2D eigenvalue weighted by Crippen LogP contribution is -2.60. The Bertz CT molecular complexity index is 729. The molecule has 5 rings (SSSR count). The molecule has 33 heavy (non-hydrogen) atoms. The number of rotatable bonds is 3. The number of nitrogens with one attached hydrogen (secondary N) is 3. The maximum absolute atomic E-state index is 13.5. The third-order valence-corrected chi connectivity index (χ3v) is 10.2. The van der Waals surface area contributed by atoms with Crippen LogP contribution in [0.3, 0.4) is 0 Å². The Hall–Kier alpha value is -1.14. The van der Waals surface area contributed by atoms with Gasteiger partial charge < -0.3 is 20.9 Å². The Kier molecular flexibility index (Phi) is 7.04. The number of likely N-dealkylation sites (tertiary alicyclic amines) is 1. The first kappa shape index (κ1) is 23.6. The molecule has 0 aromatic heterocycles. The lowest BCUT2D eigenvalue weighted by molar-refractivity contribution is -0.149. The van der Waals surface area contributed by atoms with Crippen LogP contribution in [0.2, 0.25) is 0 Å². The number of hydrogen-bond acceptors (Lipinski definition) is 4. The molecule has 0 radical (unpaired) electrons. The molecule has 10 unspecified atom stereocenters. The highest BCUT2D eigenvalue weighted by molar-refractivity contribution is 5.81. The number of carbonyl (C=O) groups is 2. The van der Waals surface area contributed by atoms with E-state index in [9.17, 15) is 9.59 Å². The maximum Gasteiger partial charge on any atom is 0.225 e. The van der Waals surface area contributed by atoms with E-state index in [4.69, 9.17) is 0 Å². The summed E-state index contributed by atoms with van der Waals surface area (Å²) in [6.07, 6.45) is 11.4. The van der Waals surface area contributed by atoms with Crippen LogP contribution in [0.25, 0.3) is 0 Å². The molecule has 0 aromatic rings. The molecule has 6 heteroatoms. The molecule has 186 valence electrons. The second kappa shape index (κ2) is 9.85.